The summed E-state index contributed by atoms with van der Waals surface area (Å²) in [5.74, 6) is 0.258. The average molecular weight is 442 g/mol. The van der Waals surface area contributed by atoms with E-state index in [0.29, 0.717) is 28.1 Å². The fourth-order valence-corrected chi connectivity index (χ4v) is 3.91. The first kappa shape index (κ1) is 21.5. The van der Waals surface area contributed by atoms with Crippen molar-refractivity contribution < 1.29 is 23.8 Å². The number of hydrogen-bond acceptors (Lipinski definition) is 5. The molecule has 1 heterocycles. The molecule has 0 spiro atoms. The minimum atomic E-state index is -0.832. The average Bonchev–Trinajstić information content (AvgIpc) is 2.68. The number of hydrogen-bond donors (Lipinski definition) is 0. The zero-order valence-corrected chi connectivity index (χ0v) is 18.0. The number of methoxy groups -OCH3 is 1. The molecule has 27 heavy (non-hydrogen) atoms. The van der Waals surface area contributed by atoms with Crippen molar-refractivity contribution >= 4 is 27.8 Å². The smallest absolute Gasteiger partial charge is 0.339 e. The lowest BCUT2D eigenvalue weighted by Gasteiger charge is -2.36. The molecule has 0 N–H and O–H groups in total. The Balaban J connectivity index is 2.11. The van der Waals surface area contributed by atoms with Gasteiger partial charge in [-0.2, -0.15) is 0 Å². The van der Waals surface area contributed by atoms with Gasteiger partial charge in [0.15, 0.2) is 17.6 Å². The van der Waals surface area contributed by atoms with Crippen LogP contribution >= 0.6 is 15.9 Å². The van der Waals surface area contributed by atoms with Gasteiger partial charge in [-0.25, -0.2) is 4.79 Å². The first-order valence-electron chi connectivity index (χ1n) is 9.44. The predicted molar refractivity (Wildman–Crippen MR) is 106 cm³/mol. The Bertz CT molecular complexity index is 679. The Morgan fingerprint density at radius 2 is 2.04 bits per heavy atom. The third-order valence-corrected chi connectivity index (χ3v) is 5.36. The van der Waals surface area contributed by atoms with E-state index in [2.05, 4.69) is 22.9 Å². The monoisotopic (exact) mass is 441 g/mol. The molecule has 1 aromatic carbocycles. The lowest BCUT2D eigenvalue weighted by Crippen LogP contribution is -2.48. The minimum absolute atomic E-state index is 0.133. The molecule has 7 heteroatoms. The van der Waals surface area contributed by atoms with Crippen molar-refractivity contribution in [2.24, 2.45) is 0 Å². The van der Waals surface area contributed by atoms with Crippen LogP contribution in [0.3, 0.4) is 0 Å². The molecule has 2 atom stereocenters. The number of ether oxygens (including phenoxy) is 3. The number of likely N-dealkylation sites (tertiary alicyclic amines) is 1. The predicted octanol–water partition coefficient (Wildman–Crippen LogP) is 4.19. The molecule has 1 fully saturated rings. The lowest BCUT2D eigenvalue weighted by molar-refractivity contribution is -0.143. The Labute approximate surface area is 169 Å². The van der Waals surface area contributed by atoms with Gasteiger partial charge < -0.3 is 19.1 Å². The highest BCUT2D eigenvalue weighted by Crippen LogP contribution is 2.37. The van der Waals surface area contributed by atoms with Gasteiger partial charge in [-0.1, -0.05) is 6.92 Å². The van der Waals surface area contributed by atoms with E-state index >= 15 is 0 Å². The van der Waals surface area contributed by atoms with Crippen molar-refractivity contribution in [2.45, 2.75) is 58.6 Å². The van der Waals surface area contributed by atoms with Gasteiger partial charge >= 0.3 is 5.97 Å². The molecule has 150 valence electrons. The summed E-state index contributed by atoms with van der Waals surface area (Å²) in [5.41, 5.74) is 0.299. The first-order chi connectivity index (χ1) is 12.9. The summed E-state index contributed by atoms with van der Waals surface area (Å²) >= 11 is 3.40. The number of benzene rings is 1. The van der Waals surface area contributed by atoms with E-state index in [1.807, 2.05) is 11.8 Å². The van der Waals surface area contributed by atoms with E-state index in [0.717, 1.165) is 32.2 Å². The second kappa shape index (κ2) is 9.97. The van der Waals surface area contributed by atoms with Crippen molar-refractivity contribution in [3.8, 4) is 11.5 Å². The molecule has 2 unspecified atom stereocenters. The van der Waals surface area contributed by atoms with Gasteiger partial charge in [0.25, 0.3) is 5.91 Å². The Kier molecular flexibility index (Phi) is 7.95. The summed E-state index contributed by atoms with van der Waals surface area (Å²) < 4.78 is 16.9. The maximum atomic E-state index is 12.8. The van der Waals surface area contributed by atoms with Crippen LogP contribution in [0.25, 0.3) is 0 Å². The van der Waals surface area contributed by atoms with Crippen LogP contribution in [0.4, 0.5) is 0 Å². The number of amides is 1. The molecule has 0 saturated carbocycles. The highest BCUT2D eigenvalue weighted by Gasteiger charge is 2.31. The fourth-order valence-electron chi connectivity index (χ4n) is 3.35. The first-order valence-corrected chi connectivity index (χ1v) is 10.2. The number of esters is 1. The van der Waals surface area contributed by atoms with Gasteiger partial charge in [0.05, 0.1) is 23.8 Å². The van der Waals surface area contributed by atoms with E-state index in [-0.39, 0.29) is 11.9 Å². The molecule has 1 aromatic rings. The summed E-state index contributed by atoms with van der Waals surface area (Å²) in [6.07, 6.45) is 3.21. The van der Waals surface area contributed by atoms with Gasteiger partial charge in [0.2, 0.25) is 0 Å². The summed E-state index contributed by atoms with van der Waals surface area (Å²) in [6.45, 7) is 6.77. The largest absolute Gasteiger partial charge is 0.493 e. The summed E-state index contributed by atoms with van der Waals surface area (Å²) in [4.78, 5) is 27.2. The van der Waals surface area contributed by atoms with E-state index < -0.39 is 12.1 Å². The minimum Gasteiger partial charge on any atom is -0.493 e. The lowest BCUT2D eigenvalue weighted by atomic mass is 9.99. The highest BCUT2D eigenvalue weighted by atomic mass is 79.9. The molecule has 0 aromatic heterocycles. The Morgan fingerprint density at radius 3 is 2.67 bits per heavy atom. The molecule has 1 aliphatic rings. The van der Waals surface area contributed by atoms with Crippen molar-refractivity contribution in [1.82, 2.24) is 4.90 Å². The molecular formula is C20H28BrNO5. The SMILES string of the molecule is CCOc1c(Br)cc(C(=O)OC(C)C(=O)N2CCCCC2CC)cc1OC. The number of carbonyl (C=O) groups is 2. The number of carbonyl (C=O) groups excluding carboxylic acids is 2. The van der Waals surface area contributed by atoms with Crippen LogP contribution < -0.4 is 9.47 Å². The maximum Gasteiger partial charge on any atom is 0.339 e. The maximum absolute atomic E-state index is 12.8. The molecule has 1 amide bonds. The van der Waals surface area contributed by atoms with Crippen LogP contribution in [0.1, 0.15) is 56.8 Å². The number of nitrogens with zero attached hydrogens (tertiary/aromatic N) is 1. The molecule has 2 rings (SSSR count). The van der Waals surface area contributed by atoms with E-state index in [1.54, 1.807) is 19.1 Å². The van der Waals surface area contributed by atoms with Crippen LogP contribution in [0.15, 0.2) is 16.6 Å². The quantitative estimate of drug-likeness (QED) is 0.593. The molecule has 0 radical (unpaired) electrons. The second-order valence-electron chi connectivity index (χ2n) is 6.56. The molecule has 1 saturated heterocycles. The molecule has 0 bridgehead atoms. The molecule has 0 aliphatic carbocycles. The van der Waals surface area contributed by atoms with Crippen molar-refractivity contribution in [3.05, 3.63) is 22.2 Å². The fraction of sp³-hybridized carbons (Fsp3) is 0.600. The second-order valence-corrected chi connectivity index (χ2v) is 7.41. The topological polar surface area (TPSA) is 65.1 Å². The molecular weight excluding hydrogens is 414 g/mol. The van der Waals surface area contributed by atoms with Crippen molar-refractivity contribution in [1.29, 1.82) is 0 Å². The Hall–Kier alpha value is -1.76. The zero-order valence-electron chi connectivity index (χ0n) is 16.4. The summed E-state index contributed by atoms with van der Waals surface area (Å²) in [7, 11) is 1.51. The number of rotatable bonds is 7. The van der Waals surface area contributed by atoms with Gasteiger partial charge in [-0.05, 0) is 67.6 Å². The zero-order chi connectivity index (χ0) is 20.0. The third kappa shape index (κ3) is 5.15. The third-order valence-electron chi connectivity index (χ3n) is 4.77. The number of halogens is 1. The summed E-state index contributed by atoms with van der Waals surface area (Å²) in [6, 6.07) is 3.40. The molecule has 6 nitrogen and oxygen atoms in total. The van der Waals surface area contributed by atoms with Crippen molar-refractivity contribution in [2.75, 3.05) is 20.3 Å². The van der Waals surface area contributed by atoms with Gasteiger partial charge in [-0.3, -0.25) is 4.79 Å². The summed E-state index contributed by atoms with van der Waals surface area (Å²) in [5, 5.41) is 0. The van der Waals surface area contributed by atoms with E-state index in [4.69, 9.17) is 14.2 Å². The van der Waals surface area contributed by atoms with Crippen LogP contribution in [0.5, 0.6) is 11.5 Å². The van der Waals surface area contributed by atoms with Crippen LogP contribution in [0.2, 0.25) is 0 Å². The molecule has 1 aliphatic heterocycles. The number of piperidine rings is 1. The van der Waals surface area contributed by atoms with E-state index in [1.165, 1.54) is 7.11 Å². The van der Waals surface area contributed by atoms with Gasteiger partial charge in [-0.15, -0.1) is 0 Å². The van der Waals surface area contributed by atoms with Crippen molar-refractivity contribution in [3.63, 3.8) is 0 Å². The standard InChI is InChI=1S/C20H28BrNO5/c1-5-15-9-7-8-10-22(15)19(23)13(3)27-20(24)14-11-16(21)18(26-6-2)17(12-14)25-4/h11-13,15H,5-10H2,1-4H3. The van der Waals surface area contributed by atoms with E-state index in [9.17, 15) is 9.59 Å². The van der Waals surface area contributed by atoms with Crippen LogP contribution in [0, 0.1) is 0 Å². The Morgan fingerprint density at radius 1 is 1.30 bits per heavy atom. The van der Waals surface area contributed by atoms with Gasteiger partial charge in [0.1, 0.15) is 0 Å². The van der Waals surface area contributed by atoms with Gasteiger partial charge in [0, 0.05) is 12.6 Å². The van der Waals surface area contributed by atoms with Crippen LogP contribution in [-0.4, -0.2) is 49.2 Å². The normalized spacial score (nSPS) is 18.0. The highest BCUT2D eigenvalue weighted by molar-refractivity contribution is 9.10. The van der Waals surface area contributed by atoms with Crippen LogP contribution in [-0.2, 0) is 9.53 Å².